The van der Waals surface area contributed by atoms with E-state index in [2.05, 4.69) is 74.1 Å². The minimum absolute atomic E-state index is 0.649. The number of nitrogens with zero attached hydrogens (tertiary/aromatic N) is 8. The Morgan fingerprint density at radius 2 is 0.525 bits per heavy atom. The largest absolute Gasteiger partial charge is 0.322 e. The SMILES string of the molecule is CCCCCCCCCCc1ccc(CCCCCCCCCC)c2c1-c1nc-2nc2[nH]c(nc3nc(nc4[nH]c(n1)c1cccnc41)-c1c(CCCCCCCCCC)ccc(CCCCCCCCCC)c1-3)c1cccnc21. The summed E-state index contributed by atoms with van der Waals surface area (Å²) in [5.74, 6) is 2.72. The Hall–Kier alpha value is -5.90. The molecule has 0 amide bonds. The summed E-state index contributed by atoms with van der Waals surface area (Å²) in [7, 11) is 0. The van der Waals surface area contributed by atoms with Crippen LogP contribution in [0.2, 0.25) is 0 Å². The minimum atomic E-state index is 0.649. The second kappa shape index (κ2) is 31.3. The van der Waals surface area contributed by atoms with Gasteiger partial charge in [0.15, 0.2) is 34.6 Å². The maximum atomic E-state index is 5.58. The van der Waals surface area contributed by atoms with Crippen LogP contribution < -0.4 is 0 Å². The fourth-order valence-electron chi connectivity index (χ4n) is 12.6. The molecule has 0 aliphatic carbocycles. The summed E-state index contributed by atoms with van der Waals surface area (Å²) in [6, 6.07) is 17.7. The summed E-state index contributed by atoms with van der Waals surface area (Å²) < 4.78 is 0. The molecule has 80 heavy (non-hydrogen) atoms. The molecule has 2 aromatic carbocycles. The second-order valence-electron chi connectivity index (χ2n) is 23.6. The number of pyridine rings is 2. The Bertz CT molecular complexity index is 2800. The molecule has 10 nitrogen and oxygen atoms in total. The smallest absolute Gasteiger partial charge is 0.165 e. The first-order valence-electron chi connectivity index (χ1n) is 32.6. The van der Waals surface area contributed by atoms with Gasteiger partial charge in [-0.1, -0.05) is 232 Å². The first-order chi connectivity index (χ1) is 39.6. The van der Waals surface area contributed by atoms with E-state index in [1.807, 2.05) is 24.5 Å². The number of aromatic amines is 2. The Labute approximate surface area is 479 Å². The maximum absolute atomic E-state index is 5.58. The van der Waals surface area contributed by atoms with Crippen LogP contribution in [0.3, 0.4) is 0 Å². The van der Waals surface area contributed by atoms with Gasteiger partial charge in [-0.3, -0.25) is 9.97 Å². The van der Waals surface area contributed by atoms with Gasteiger partial charge >= 0.3 is 0 Å². The van der Waals surface area contributed by atoms with Gasteiger partial charge < -0.3 is 9.97 Å². The third kappa shape index (κ3) is 15.3. The molecule has 0 spiro atoms. The fraction of sp³-hybridized carbons (Fsp3) is 0.571. The van der Waals surface area contributed by atoms with Gasteiger partial charge in [-0.15, -0.1) is 0 Å². The Kier molecular flexibility index (Phi) is 23.0. The molecule has 7 aromatic rings. The van der Waals surface area contributed by atoms with Crippen molar-refractivity contribution in [3.05, 3.63) is 83.2 Å². The number of hydrogen-bond donors (Lipinski definition) is 2. The van der Waals surface area contributed by atoms with E-state index in [-0.39, 0.29) is 0 Å². The van der Waals surface area contributed by atoms with Crippen molar-refractivity contribution in [2.24, 2.45) is 0 Å². The molecular formula is C70H96N10. The number of fused-ring (bicyclic) bond motifs is 20. The van der Waals surface area contributed by atoms with Crippen molar-refractivity contribution in [3.63, 3.8) is 0 Å². The summed E-state index contributed by atoms with van der Waals surface area (Å²) in [5.41, 5.74) is 13.8. The van der Waals surface area contributed by atoms with Gasteiger partial charge in [0.1, 0.15) is 22.3 Å². The monoisotopic (exact) mass is 1080 g/mol. The molecule has 2 aliphatic rings. The predicted octanol–water partition coefficient (Wildman–Crippen LogP) is 20.4. The number of aromatic nitrogens is 10. The quantitative estimate of drug-likeness (QED) is 0.0371. The molecule has 0 atom stereocenters. The highest BCUT2D eigenvalue weighted by Crippen LogP contribution is 2.43. The van der Waals surface area contributed by atoms with Crippen molar-refractivity contribution in [2.45, 2.75) is 259 Å². The van der Waals surface area contributed by atoms with E-state index in [0.717, 1.165) is 95.4 Å². The van der Waals surface area contributed by atoms with Crippen LogP contribution >= 0.6 is 0 Å². The molecule has 0 radical (unpaired) electrons. The predicted molar refractivity (Wildman–Crippen MR) is 337 cm³/mol. The lowest BCUT2D eigenvalue weighted by Gasteiger charge is -2.13. The number of benzene rings is 2. The van der Waals surface area contributed by atoms with Gasteiger partial charge in [-0.2, -0.15) is 0 Å². The molecule has 7 heterocycles. The number of unbranched alkanes of at least 4 members (excludes halogenated alkanes) is 28. The molecule has 0 saturated carbocycles. The van der Waals surface area contributed by atoms with Crippen LogP contribution in [0.25, 0.3) is 89.9 Å². The van der Waals surface area contributed by atoms with Crippen molar-refractivity contribution in [1.82, 2.24) is 49.8 Å². The van der Waals surface area contributed by atoms with Gasteiger partial charge in [-0.25, -0.2) is 29.9 Å². The lowest BCUT2D eigenvalue weighted by Crippen LogP contribution is -1.98. The molecular weight excluding hydrogens is 981 g/mol. The fourth-order valence-corrected chi connectivity index (χ4v) is 12.6. The van der Waals surface area contributed by atoms with Crippen LogP contribution in [0.15, 0.2) is 60.9 Å². The van der Waals surface area contributed by atoms with Crippen LogP contribution in [0.4, 0.5) is 0 Å². The van der Waals surface area contributed by atoms with E-state index in [4.69, 9.17) is 39.9 Å². The maximum Gasteiger partial charge on any atom is 0.165 e. The van der Waals surface area contributed by atoms with Crippen molar-refractivity contribution in [3.8, 4) is 45.6 Å². The zero-order valence-corrected chi connectivity index (χ0v) is 49.8. The lowest BCUT2D eigenvalue weighted by molar-refractivity contribution is 0.575. The zero-order chi connectivity index (χ0) is 55.1. The van der Waals surface area contributed by atoms with E-state index in [0.29, 0.717) is 45.9 Å². The summed E-state index contributed by atoms with van der Waals surface area (Å²) in [6.45, 7) is 9.18. The van der Waals surface area contributed by atoms with Crippen molar-refractivity contribution in [1.29, 1.82) is 0 Å². The summed E-state index contributed by atoms with van der Waals surface area (Å²) in [4.78, 5) is 50.8. The molecule has 0 fully saturated rings. The molecule has 5 aromatic heterocycles. The van der Waals surface area contributed by atoms with E-state index in [1.54, 1.807) is 0 Å². The molecule has 10 heteroatoms. The minimum Gasteiger partial charge on any atom is -0.322 e. The van der Waals surface area contributed by atoms with Gasteiger partial charge in [0.25, 0.3) is 0 Å². The highest BCUT2D eigenvalue weighted by molar-refractivity contribution is 6.04. The van der Waals surface area contributed by atoms with E-state index >= 15 is 0 Å². The molecule has 9 rings (SSSR count). The average molecular weight is 1080 g/mol. The topological polar surface area (TPSA) is 135 Å². The van der Waals surface area contributed by atoms with E-state index in [1.165, 1.54) is 202 Å². The first kappa shape index (κ1) is 58.7. The highest BCUT2D eigenvalue weighted by atomic mass is 15.1. The zero-order valence-electron chi connectivity index (χ0n) is 49.8. The second-order valence-corrected chi connectivity index (χ2v) is 23.6. The van der Waals surface area contributed by atoms with Crippen molar-refractivity contribution < 1.29 is 0 Å². The highest BCUT2D eigenvalue weighted by Gasteiger charge is 2.29. The van der Waals surface area contributed by atoms with Gasteiger partial charge in [0.2, 0.25) is 0 Å². The molecule has 0 unspecified atom stereocenters. The summed E-state index contributed by atoms with van der Waals surface area (Å²) in [5, 5.41) is 1.81. The number of H-pyrrole nitrogens is 2. The van der Waals surface area contributed by atoms with E-state index < -0.39 is 0 Å². The number of hydrogen-bond acceptors (Lipinski definition) is 8. The van der Waals surface area contributed by atoms with Crippen molar-refractivity contribution in [2.75, 3.05) is 0 Å². The van der Waals surface area contributed by atoms with Crippen molar-refractivity contribution >= 4 is 44.4 Å². The number of aryl methyl sites for hydroxylation is 4. The molecule has 8 bridgehead atoms. The molecule has 2 aliphatic heterocycles. The summed E-state index contributed by atoms with van der Waals surface area (Å²) in [6.07, 6.45) is 48.3. The van der Waals surface area contributed by atoms with E-state index in [9.17, 15) is 0 Å². The Balaban J connectivity index is 1.19. The molecule has 0 saturated heterocycles. The van der Waals surface area contributed by atoms with Gasteiger partial charge in [-0.05, 0) is 97.9 Å². The third-order valence-corrected chi connectivity index (χ3v) is 17.2. The standard InChI is InChI=1S/C70H96N10/c1-5-9-13-17-21-25-29-33-39-51-45-47-53(41-35-31-27-23-19-15-11-7-3)59-57(51)65-73-63-55-43-37-49-71-61(55)70(75-63)80-68-60-54(42-36-32-28-24-20-16-12-8-4)48-46-52(40-34-30-26-22-18-14-10-6-2)58(60)66(78-68)74-64-56-44-38-50-72-62(56)69(76-64)79-67(59)77-65/h37-38,43-50H,5-36,39-42H2,1-4H3,(H2,73,74,75,76,77,78,79,80). The number of nitrogens with one attached hydrogen (secondary N) is 2. The first-order valence-corrected chi connectivity index (χ1v) is 32.6. The van der Waals surface area contributed by atoms with Crippen LogP contribution in [0.5, 0.6) is 0 Å². The van der Waals surface area contributed by atoms with Gasteiger partial charge in [0.05, 0.1) is 0 Å². The normalized spacial score (nSPS) is 12.1. The Morgan fingerprint density at radius 3 is 0.800 bits per heavy atom. The lowest BCUT2D eigenvalue weighted by atomic mass is 9.91. The van der Waals surface area contributed by atoms with Crippen LogP contribution in [0.1, 0.15) is 255 Å². The summed E-state index contributed by atoms with van der Waals surface area (Å²) >= 11 is 0. The van der Waals surface area contributed by atoms with Crippen LogP contribution in [-0.4, -0.2) is 49.8 Å². The molecule has 426 valence electrons. The third-order valence-electron chi connectivity index (χ3n) is 17.2. The number of rotatable bonds is 36. The molecule has 2 N–H and O–H groups in total. The van der Waals surface area contributed by atoms with Gasteiger partial charge in [0, 0.05) is 45.4 Å². The van der Waals surface area contributed by atoms with Crippen LogP contribution in [0, 0.1) is 0 Å². The Morgan fingerprint density at radius 1 is 0.275 bits per heavy atom. The average Bonchev–Trinajstić information content (AvgIpc) is 4.30. The van der Waals surface area contributed by atoms with Crippen LogP contribution in [-0.2, 0) is 25.7 Å².